The molecule has 1 aromatic rings. The zero-order valence-corrected chi connectivity index (χ0v) is 11.6. The van der Waals surface area contributed by atoms with Crippen molar-refractivity contribution < 1.29 is 4.79 Å². The van der Waals surface area contributed by atoms with Gasteiger partial charge in [0.1, 0.15) is 0 Å². The van der Waals surface area contributed by atoms with E-state index in [1.165, 1.54) is 24.0 Å². The number of nitrogens with zero attached hydrogens (tertiary/aromatic N) is 1. The number of hydrogen-bond donors (Lipinski definition) is 1. The molecule has 1 aromatic carbocycles. The molecule has 0 heterocycles. The van der Waals surface area contributed by atoms with Gasteiger partial charge in [0.25, 0.3) is 0 Å². The molecule has 0 spiro atoms. The van der Waals surface area contributed by atoms with Crippen LogP contribution in [0.1, 0.15) is 36.8 Å². The predicted octanol–water partition coefficient (Wildman–Crippen LogP) is 2.27. The van der Waals surface area contributed by atoms with E-state index >= 15 is 0 Å². The summed E-state index contributed by atoms with van der Waals surface area (Å²) in [5, 5.41) is 0. The predicted molar refractivity (Wildman–Crippen MR) is 77.2 cm³/mol. The quantitative estimate of drug-likeness (QED) is 0.904. The van der Waals surface area contributed by atoms with Gasteiger partial charge < -0.3 is 10.6 Å². The van der Waals surface area contributed by atoms with Gasteiger partial charge in [0, 0.05) is 19.3 Å². The van der Waals surface area contributed by atoms with Crippen LogP contribution in [0.5, 0.6) is 0 Å². The van der Waals surface area contributed by atoms with Crippen LogP contribution in [0.25, 0.3) is 0 Å². The number of benzene rings is 1. The lowest BCUT2D eigenvalue weighted by Gasteiger charge is -2.41. The largest absolute Gasteiger partial charge is 0.329 e. The van der Waals surface area contributed by atoms with E-state index in [1.807, 2.05) is 11.9 Å². The Morgan fingerprint density at radius 2 is 2.00 bits per heavy atom. The number of carbonyl (C=O) groups excluding carboxylic acids is 1. The first-order valence-electron chi connectivity index (χ1n) is 7.26. The number of rotatable bonds is 3. The van der Waals surface area contributed by atoms with Crippen LogP contribution in [0.2, 0.25) is 0 Å². The van der Waals surface area contributed by atoms with Gasteiger partial charge in [0.05, 0.1) is 5.41 Å². The van der Waals surface area contributed by atoms with Gasteiger partial charge in [-0.3, -0.25) is 4.79 Å². The fourth-order valence-corrected chi connectivity index (χ4v) is 3.35. The van der Waals surface area contributed by atoms with Gasteiger partial charge >= 0.3 is 0 Å². The number of carbonyl (C=O) groups is 1. The third kappa shape index (κ3) is 1.96. The lowest BCUT2D eigenvalue weighted by Crippen LogP contribution is -2.51. The van der Waals surface area contributed by atoms with E-state index in [2.05, 4.69) is 18.2 Å². The van der Waals surface area contributed by atoms with Crippen molar-refractivity contribution in [2.24, 2.45) is 11.1 Å². The summed E-state index contributed by atoms with van der Waals surface area (Å²) < 4.78 is 0. The summed E-state index contributed by atoms with van der Waals surface area (Å²) in [6.45, 7) is 0.473. The van der Waals surface area contributed by atoms with Crippen LogP contribution in [-0.2, 0) is 17.6 Å². The van der Waals surface area contributed by atoms with Gasteiger partial charge in [-0.2, -0.15) is 0 Å². The summed E-state index contributed by atoms with van der Waals surface area (Å²) in [5.74, 6) is 0.194. The minimum Gasteiger partial charge on any atom is -0.329 e. The molecule has 19 heavy (non-hydrogen) atoms. The summed E-state index contributed by atoms with van der Waals surface area (Å²) in [4.78, 5) is 14.4. The van der Waals surface area contributed by atoms with Crippen LogP contribution < -0.4 is 10.6 Å². The highest BCUT2D eigenvalue weighted by molar-refractivity contribution is 5.98. The molecule has 3 heteroatoms. The molecule has 2 N–H and O–H groups in total. The smallest absolute Gasteiger partial charge is 0.234 e. The molecule has 3 rings (SSSR count). The average molecular weight is 258 g/mol. The zero-order chi connectivity index (χ0) is 13.5. The van der Waals surface area contributed by atoms with Crippen LogP contribution in [0.15, 0.2) is 18.2 Å². The van der Waals surface area contributed by atoms with Crippen molar-refractivity contribution in [2.45, 2.75) is 38.5 Å². The molecule has 0 atom stereocenters. The van der Waals surface area contributed by atoms with Crippen molar-refractivity contribution in [1.82, 2.24) is 0 Å². The van der Waals surface area contributed by atoms with Crippen LogP contribution in [0.4, 0.5) is 5.69 Å². The summed E-state index contributed by atoms with van der Waals surface area (Å²) in [5.41, 5.74) is 9.42. The summed E-state index contributed by atoms with van der Waals surface area (Å²) >= 11 is 0. The molecule has 0 aliphatic heterocycles. The summed E-state index contributed by atoms with van der Waals surface area (Å²) in [6, 6.07) is 6.44. The van der Waals surface area contributed by atoms with Gasteiger partial charge in [-0.25, -0.2) is 0 Å². The van der Waals surface area contributed by atoms with E-state index in [0.717, 1.165) is 31.4 Å². The van der Waals surface area contributed by atoms with E-state index in [9.17, 15) is 4.79 Å². The molecule has 3 nitrogen and oxygen atoms in total. The number of fused-ring (bicyclic) bond motifs is 1. The Labute approximate surface area is 114 Å². The minimum atomic E-state index is -0.284. The highest BCUT2D eigenvalue weighted by Gasteiger charge is 2.44. The number of hydrogen-bond acceptors (Lipinski definition) is 2. The molecule has 0 unspecified atom stereocenters. The molecule has 1 saturated carbocycles. The van der Waals surface area contributed by atoms with Crippen LogP contribution in [-0.4, -0.2) is 19.5 Å². The fourth-order valence-electron chi connectivity index (χ4n) is 3.35. The molecule has 1 amide bonds. The van der Waals surface area contributed by atoms with Crippen molar-refractivity contribution in [3.05, 3.63) is 29.3 Å². The second-order valence-corrected chi connectivity index (χ2v) is 6.01. The van der Waals surface area contributed by atoms with Crippen molar-refractivity contribution >= 4 is 11.6 Å². The van der Waals surface area contributed by atoms with E-state index in [4.69, 9.17) is 5.73 Å². The molecule has 0 saturated heterocycles. The Bertz CT molecular complexity index is 500. The number of nitrogens with two attached hydrogens (primary N) is 1. The highest BCUT2D eigenvalue weighted by atomic mass is 16.2. The Morgan fingerprint density at radius 3 is 2.63 bits per heavy atom. The SMILES string of the molecule is CN(C(=O)C1(CN)CCC1)c1ccc2c(c1)CCC2. The second-order valence-electron chi connectivity index (χ2n) is 6.01. The molecular weight excluding hydrogens is 236 g/mol. The topological polar surface area (TPSA) is 46.3 Å². The third-order valence-electron chi connectivity index (χ3n) is 4.93. The van der Waals surface area contributed by atoms with Gasteiger partial charge in [-0.15, -0.1) is 0 Å². The Kier molecular flexibility index (Phi) is 3.09. The monoisotopic (exact) mass is 258 g/mol. The van der Waals surface area contributed by atoms with Gasteiger partial charge in [-0.1, -0.05) is 12.5 Å². The van der Waals surface area contributed by atoms with E-state index < -0.39 is 0 Å². The van der Waals surface area contributed by atoms with Crippen molar-refractivity contribution in [1.29, 1.82) is 0 Å². The molecule has 0 aromatic heterocycles. The van der Waals surface area contributed by atoms with E-state index in [-0.39, 0.29) is 11.3 Å². The Morgan fingerprint density at radius 1 is 1.26 bits per heavy atom. The summed E-state index contributed by atoms with van der Waals surface area (Å²) in [6.07, 6.45) is 6.58. The molecule has 0 bridgehead atoms. The normalized spacial score (nSPS) is 19.7. The summed E-state index contributed by atoms with van der Waals surface area (Å²) in [7, 11) is 1.88. The van der Waals surface area contributed by atoms with Gasteiger partial charge in [0.2, 0.25) is 5.91 Å². The van der Waals surface area contributed by atoms with Gasteiger partial charge in [-0.05, 0) is 55.4 Å². The zero-order valence-electron chi connectivity index (χ0n) is 11.6. The van der Waals surface area contributed by atoms with Crippen molar-refractivity contribution in [2.75, 3.05) is 18.5 Å². The molecule has 1 fully saturated rings. The third-order valence-corrected chi connectivity index (χ3v) is 4.93. The Hall–Kier alpha value is -1.35. The number of amides is 1. The average Bonchev–Trinajstić information content (AvgIpc) is 2.84. The first-order valence-corrected chi connectivity index (χ1v) is 7.26. The Balaban J connectivity index is 1.83. The number of anilines is 1. The second kappa shape index (κ2) is 4.64. The molecule has 2 aliphatic rings. The standard InChI is InChI=1S/C16H22N2O/c1-18(15(19)16(11-17)8-3-9-16)14-7-6-12-4-2-5-13(12)10-14/h6-7,10H,2-5,8-9,11,17H2,1H3. The van der Waals surface area contributed by atoms with Gasteiger partial charge in [0.15, 0.2) is 0 Å². The molecular formula is C16H22N2O. The molecule has 102 valence electrons. The lowest BCUT2D eigenvalue weighted by molar-refractivity contribution is -0.131. The van der Waals surface area contributed by atoms with Crippen molar-refractivity contribution in [3.63, 3.8) is 0 Å². The van der Waals surface area contributed by atoms with Crippen LogP contribution >= 0.6 is 0 Å². The van der Waals surface area contributed by atoms with Crippen molar-refractivity contribution in [3.8, 4) is 0 Å². The molecule has 0 radical (unpaired) electrons. The fraction of sp³-hybridized carbons (Fsp3) is 0.562. The molecule has 2 aliphatic carbocycles. The van der Waals surface area contributed by atoms with Crippen LogP contribution in [0.3, 0.4) is 0 Å². The van der Waals surface area contributed by atoms with E-state index in [1.54, 1.807) is 0 Å². The first-order chi connectivity index (χ1) is 9.16. The first kappa shape index (κ1) is 12.7. The minimum absolute atomic E-state index is 0.194. The number of aryl methyl sites for hydroxylation is 2. The highest BCUT2D eigenvalue weighted by Crippen LogP contribution is 2.42. The maximum atomic E-state index is 12.6. The maximum absolute atomic E-state index is 12.6. The van der Waals surface area contributed by atoms with Crippen LogP contribution in [0, 0.1) is 5.41 Å². The lowest BCUT2D eigenvalue weighted by atomic mass is 9.68. The maximum Gasteiger partial charge on any atom is 0.234 e. The van der Waals surface area contributed by atoms with E-state index in [0.29, 0.717) is 6.54 Å².